The van der Waals surface area contributed by atoms with E-state index in [0.29, 0.717) is 6.04 Å². The fourth-order valence-corrected chi connectivity index (χ4v) is 3.12. The average Bonchev–Trinajstić information content (AvgIpc) is 2.45. The second kappa shape index (κ2) is 6.01. The van der Waals surface area contributed by atoms with E-state index in [1.807, 2.05) is 6.20 Å². The molecular weight excluding hydrogens is 262 g/mol. The molecule has 1 aromatic heterocycles. The molecule has 1 aliphatic rings. The van der Waals surface area contributed by atoms with Crippen molar-refractivity contribution in [3.8, 4) is 0 Å². The summed E-state index contributed by atoms with van der Waals surface area (Å²) in [4.78, 5) is 9.49. The van der Waals surface area contributed by atoms with Crippen LogP contribution in [-0.4, -0.2) is 23.6 Å². The maximum Gasteiger partial charge on any atom is 0.160 e. The van der Waals surface area contributed by atoms with Crippen LogP contribution in [0.1, 0.15) is 70.6 Å². The summed E-state index contributed by atoms with van der Waals surface area (Å²) in [5.74, 6) is 0.805. The Kier molecular flexibility index (Phi) is 4.69. The lowest BCUT2D eigenvalue weighted by molar-refractivity contribution is -0.00942. The molecule has 4 nitrogen and oxygen atoms in total. The van der Waals surface area contributed by atoms with E-state index in [2.05, 4.69) is 44.9 Å². The van der Waals surface area contributed by atoms with Crippen molar-refractivity contribution in [3.05, 3.63) is 23.3 Å². The van der Waals surface area contributed by atoms with Crippen LogP contribution in [0.4, 0.5) is 0 Å². The Hall–Kier alpha value is -1.00. The first-order valence-corrected chi connectivity index (χ1v) is 8.00. The Morgan fingerprint density at radius 3 is 2.71 bits per heavy atom. The fraction of sp³-hybridized carbons (Fsp3) is 0.765. The quantitative estimate of drug-likeness (QED) is 0.903. The molecule has 0 aromatic carbocycles. The molecule has 0 saturated carbocycles. The molecule has 1 aromatic rings. The van der Waals surface area contributed by atoms with Crippen LogP contribution in [0.15, 0.2) is 6.20 Å². The van der Waals surface area contributed by atoms with Crippen molar-refractivity contribution >= 4 is 0 Å². The minimum Gasteiger partial charge on any atom is -0.371 e. The predicted molar refractivity (Wildman–Crippen MR) is 85.2 cm³/mol. The van der Waals surface area contributed by atoms with Gasteiger partial charge < -0.3 is 10.1 Å². The van der Waals surface area contributed by atoms with Crippen LogP contribution >= 0.6 is 0 Å². The molecule has 0 aliphatic heterocycles. The van der Waals surface area contributed by atoms with Gasteiger partial charge in [0.1, 0.15) is 5.60 Å². The van der Waals surface area contributed by atoms with Gasteiger partial charge in [-0.2, -0.15) is 0 Å². The minimum atomic E-state index is -0.399. The maximum atomic E-state index is 5.65. The highest BCUT2D eigenvalue weighted by atomic mass is 16.5. The molecule has 2 atom stereocenters. The molecule has 0 saturated heterocycles. The van der Waals surface area contributed by atoms with E-state index in [9.17, 15) is 0 Å². The summed E-state index contributed by atoms with van der Waals surface area (Å²) in [6.07, 6.45) is 5.00. The van der Waals surface area contributed by atoms with Crippen LogP contribution in [-0.2, 0) is 16.8 Å². The number of hydrogen-bond donors (Lipinski definition) is 1. The molecule has 0 spiro atoms. The van der Waals surface area contributed by atoms with E-state index in [1.165, 1.54) is 11.3 Å². The van der Waals surface area contributed by atoms with Gasteiger partial charge in [0.25, 0.3) is 0 Å². The molecule has 1 aliphatic carbocycles. The standard InChI is InChI=1S/C17H29N3O/c1-7-17(5,21-6)15-19-11-12-13(18-8-2)9-16(3,4)10-14(12)20-15/h11,13,18H,7-10H2,1-6H3. The largest absolute Gasteiger partial charge is 0.371 e. The van der Waals surface area contributed by atoms with Gasteiger partial charge in [-0.1, -0.05) is 27.7 Å². The van der Waals surface area contributed by atoms with E-state index in [4.69, 9.17) is 9.72 Å². The molecular formula is C17H29N3O. The molecule has 1 heterocycles. The van der Waals surface area contributed by atoms with Gasteiger partial charge >= 0.3 is 0 Å². The highest BCUT2D eigenvalue weighted by Gasteiger charge is 2.35. The van der Waals surface area contributed by atoms with Crippen molar-refractivity contribution in [2.75, 3.05) is 13.7 Å². The smallest absolute Gasteiger partial charge is 0.160 e. The molecule has 2 unspecified atom stereocenters. The van der Waals surface area contributed by atoms with E-state index in [1.54, 1.807) is 7.11 Å². The number of hydrogen-bond acceptors (Lipinski definition) is 4. The monoisotopic (exact) mass is 291 g/mol. The van der Waals surface area contributed by atoms with Crippen LogP contribution in [0.2, 0.25) is 0 Å². The van der Waals surface area contributed by atoms with Gasteiger partial charge in [0.2, 0.25) is 0 Å². The lowest BCUT2D eigenvalue weighted by Crippen LogP contribution is -2.35. The highest BCUT2D eigenvalue weighted by Crippen LogP contribution is 2.40. The molecule has 1 N–H and O–H groups in total. The zero-order valence-electron chi connectivity index (χ0n) is 14.3. The Balaban J connectivity index is 2.43. The average molecular weight is 291 g/mol. The summed E-state index contributed by atoms with van der Waals surface area (Å²) < 4.78 is 5.65. The van der Waals surface area contributed by atoms with Gasteiger partial charge in [-0.05, 0) is 38.1 Å². The third kappa shape index (κ3) is 3.27. The Morgan fingerprint density at radius 2 is 2.14 bits per heavy atom. The Bertz CT molecular complexity index is 495. The van der Waals surface area contributed by atoms with Gasteiger partial charge in [0.05, 0.1) is 0 Å². The van der Waals surface area contributed by atoms with E-state index in [-0.39, 0.29) is 5.41 Å². The SMILES string of the molecule is CCNC1CC(C)(C)Cc2nc(C(C)(CC)OC)ncc21. The molecule has 0 radical (unpaired) electrons. The lowest BCUT2D eigenvalue weighted by Gasteiger charge is -2.37. The first-order valence-electron chi connectivity index (χ1n) is 8.00. The summed E-state index contributed by atoms with van der Waals surface area (Å²) in [6, 6.07) is 0.359. The van der Waals surface area contributed by atoms with Gasteiger partial charge in [0, 0.05) is 30.6 Å². The van der Waals surface area contributed by atoms with Crippen LogP contribution in [0.5, 0.6) is 0 Å². The molecule has 0 fully saturated rings. The summed E-state index contributed by atoms with van der Waals surface area (Å²) >= 11 is 0. The first kappa shape index (κ1) is 16.4. The predicted octanol–water partition coefficient (Wildman–Crippen LogP) is 3.37. The van der Waals surface area contributed by atoms with E-state index < -0.39 is 5.60 Å². The van der Waals surface area contributed by atoms with Gasteiger partial charge in [-0.3, -0.25) is 0 Å². The van der Waals surface area contributed by atoms with Crippen molar-refractivity contribution in [3.63, 3.8) is 0 Å². The number of rotatable bonds is 5. The highest BCUT2D eigenvalue weighted by molar-refractivity contribution is 5.27. The topological polar surface area (TPSA) is 47.0 Å². The molecule has 118 valence electrons. The van der Waals surface area contributed by atoms with Crippen molar-refractivity contribution < 1.29 is 4.74 Å². The molecule has 0 bridgehead atoms. The summed E-state index contributed by atoms with van der Waals surface area (Å²) in [5, 5.41) is 3.57. The zero-order chi connectivity index (χ0) is 15.7. The zero-order valence-corrected chi connectivity index (χ0v) is 14.3. The van der Waals surface area contributed by atoms with E-state index >= 15 is 0 Å². The van der Waals surface area contributed by atoms with Crippen LogP contribution < -0.4 is 5.32 Å². The Morgan fingerprint density at radius 1 is 1.43 bits per heavy atom. The second-order valence-electron chi connectivity index (χ2n) is 7.04. The van der Waals surface area contributed by atoms with Gasteiger partial charge in [-0.25, -0.2) is 9.97 Å². The number of methoxy groups -OCH3 is 1. The fourth-order valence-electron chi connectivity index (χ4n) is 3.12. The minimum absolute atomic E-state index is 0.265. The number of fused-ring (bicyclic) bond motifs is 1. The van der Waals surface area contributed by atoms with Crippen molar-refractivity contribution in [2.24, 2.45) is 5.41 Å². The summed E-state index contributed by atoms with van der Waals surface area (Å²) in [5.41, 5.74) is 2.30. The number of aromatic nitrogens is 2. The molecule has 0 amide bonds. The molecule has 2 rings (SSSR count). The second-order valence-corrected chi connectivity index (χ2v) is 7.04. The van der Waals surface area contributed by atoms with E-state index in [0.717, 1.165) is 31.6 Å². The molecule has 4 heteroatoms. The van der Waals surface area contributed by atoms with Crippen molar-refractivity contribution in [1.82, 2.24) is 15.3 Å². The number of ether oxygens (including phenoxy) is 1. The first-order chi connectivity index (χ1) is 9.85. The molecule has 21 heavy (non-hydrogen) atoms. The van der Waals surface area contributed by atoms with Crippen molar-refractivity contribution in [2.45, 2.75) is 65.5 Å². The number of nitrogens with one attached hydrogen (secondary N) is 1. The summed E-state index contributed by atoms with van der Waals surface area (Å²) in [6.45, 7) is 11.9. The normalized spacial score (nSPS) is 23.4. The Labute approximate surface area is 128 Å². The van der Waals surface area contributed by atoms with Crippen LogP contribution in [0.3, 0.4) is 0 Å². The van der Waals surface area contributed by atoms with Crippen LogP contribution in [0, 0.1) is 5.41 Å². The van der Waals surface area contributed by atoms with Gasteiger partial charge in [0.15, 0.2) is 5.82 Å². The maximum absolute atomic E-state index is 5.65. The summed E-state index contributed by atoms with van der Waals surface area (Å²) in [7, 11) is 1.73. The van der Waals surface area contributed by atoms with Gasteiger partial charge in [-0.15, -0.1) is 0 Å². The van der Waals surface area contributed by atoms with Crippen LogP contribution in [0.25, 0.3) is 0 Å². The lowest BCUT2D eigenvalue weighted by atomic mass is 9.74. The third-order valence-electron chi connectivity index (χ3n) is 4.73. The number of nitrogens with zero attached hydrogens (tertiary/aromatic N) is 2. The third-order valence-corrected chi connectivity index (χ3v) is 4.73. The van der Waals surface area contributed by atoms with Crippen molar-refractivity contribution in [1.29, 1.82) is 0 Å².